The number of ketones is 1. The highest BCUT2D eigenvalue weighted by atomic mass is 16.2. The summed E-state index contributed by atoms with van der Waals surface area (Å²) in [6, 6.07) is 23.1. The predicted octanol–water partition coefficient (Wildman–Crippen LogP) is 4.21. The molecule has 3 aromatic rings. The van der Waals surface area contributed by atoms with Crippen LogP contribution in [-0.4, -0.2) is 53.6 Å². The van der Waals surface area contributed by atoms with Crippen LogP contribution in [0.1, 0.15) is 44.7 Å². The highest BCUT2D eigenvalue weighted by molar-refractivity contribution is 6.22. The molecule has 0 radical (unpaired) electrons. The molecule has 0 aromatic heterocycles. The van der Waals surface area contributed by atoms with Gasteiger partial charge in [-0.15, -0.1) is 0 Å². The van der Waals surface area contributed by atoms with Crippen molar-refractivity contribution in [3.05, 3.63) is 95.1 Å². The van der Waals surface area contributed by atoms with Crippen molar-refractivity contribution < 1.29 is 14.4 Å². The van der Waals surface area contributed by atoms with Crippen LogP contribution in [0.4, 0.5) is 0 Å². The van der Waals surface area contributed by atoms with Crippen LogP contribution in [0.5, 0.6) is 0 Å². The van der Waals surface area contributed by atoms with Gasteiger partial charge in [-0.1, -0.05) is 60.7 Å². The zero-order chi connectivity index (χ0) is 22.8. The SMILES string of the molecule is O=C1c2ccccc2-c2ccc(C(=O)N3CCN(C(=O)CCCc4ccccc4)CC3)cc21. The fourth-order valence-corrected chi connectivity index (χ4v) is 4.75. The number of nitrogens with zero attached hydrogens (tertiary/aromatic N) is 2. The van der Waals surface area contributed by atoms with E-state index in [1.807, 2.05) is 53.4 Å². The molecule has 0 spiro atoms. The molecule has 0 saturated carbocycles. The molecule has 2 amide bonds. The number of rotatable bonds is 5. The van der Waals surface area contributed by atoms with Crippen LogP contribution in [0.15, 0.2) is 72.8 Å². The lowest BCUT2D eigenvalue weighted by Gasteiger charge is -2.35. The fourth-order valence-electron chi connectivity index (χ4n) is 4.75. The Hall–Kier alpha value is -3.73. The molecule has 1 aliphatic carbocycles. The van der Waals surface area contributed by atoms with Gasteiger partial charge >= 0.3 is 0 Å². The van der Waals surface area contributed by atoms with Crippen LogP contribution in [0.25, 0.3) is 11.1 Å². The summed E-state index contributed by atoms with van der Waals surface area (Å²) in [5.41, 5.74) is 4.87. The maximum Gasteiger partial charge on any atom is 0.253 e. The maximum atomic E-state index is 13.1. The topological polar surface area (TPSA) is 57.7 Å². The molecule has 0 unspecified atom stereocenters. The quantitative estimate of drug-likeness (QED) is 0.469. The van der Waals surface area contributed by atoms with Crippen LogP contribution >= 0.6 is 0 Å². The Kier molecular flexibility index (Phi) is 5.78. The second-order valence-corrected chi connectivity index (χ2v) is 8.65. The predicted molar refractivity (Wildman–Crippen MR) is 127 cm³/mol. The van der Waals surface area contributed by atoms with Gasteiger partial charge < -0.3 is 9.80 Å². The summed E-state index contributed by atoms with van der Waals surface area (Å²) in [6.07, 6.45) is 2.25. The lowest BCUT2D eigenvalue weighted by molar-refractivity contribution is -0.132. The maximum absolute atomic E-state index is 13.1. The van der Waals surface area contributed by atoms with Gasteiger partial charge in [0.15, 0.2) is 5.78 Å². The van der Waals surface area contributed by atoms with Crippen molar-refractivity contribution in [2.45, 2.75) is 19.3 Å². The Morgan fingerprint density at radius 2 is 1.33 bits per heavy atom. The summed E-state index contributed by atoms with van der Waals surface area (Å²) >= 11 is 0. The molecule has 0 bridgehead atoms. The number of benzene rings is 3. The van der Waals surface area contributed by atoms with Crippen LogP contribution in [0.3, 0.4) is 0 Å². The standard InChI is InChI=1S/C28H26N2O3/c31-26(12-6-9-20-7-2-1-3-8-20)29-15-17-30(18-16-29)28(33)21-13-14-23-22-10-4-5-11-24(22)27(32)25(23)19-21/h1-5,7-8,10-11,13-14,19H,6,9,12,15-18H2. The highest BCUT2D eigenvalue weighted by Crippen LogP contribution is 2.36. The lowest BCUT2D eigenvalue weighted by Crippen LogP contribution is -2.50. The summed E-state index contributed by atoms with van der Waals surface area (Å²) in [5.74, 6) is 0.0397. The van der Waals surface area contributed by atoms with Crippen molar-refractivity contribution >= 4 is 17.6 Å². The number of amides is 2. The molecule has 0 atom stereocenters. The highest BCUT2D eigenvalue weighted by Gasteiger charge is 2.29. The van der Waals surface area contributed by atoms with Gasteiger partial charge in [0.2, 0.25) is 5.91 Å². The smallest absolute Gasteiger partial charge is 0.253 e. The van der Waals surface area contributed by atoms with Crippen LogP contribution in [0, 0.1) is 0 Å². The van der Waals surface area contributed by atoms with Gasteiger partial charge in [0.25, 0.3) is 5.91 Å². The number of aryl methyl sites for hydroxylation is 1. The van der Waals surface area contributed by atoms with Crippen molar-refractivity contribution in [2.24, 2.45) is 0 Å². The van der Waals surface area contributed by atoms with Crippen LogP contribution in [0.2, 0.25) is 0 Å². The van der Waals surface area contributed by atoms with Crippen LogP contribution in [-0.2, 0) is 11.2 Å². The largest absolute Gasteiger partial charge is 0.339 e. The number of fused-ring (bicyclic) bond motifs is 3. The summed E-state index contributed by atoms with van der Waals surface area (Å²) < 4.78 is 0. The van der Waals surface area contributed by atoms with Gasteiger partial charge in [0.05, 0.1) is 0 Å². The minimum Gasteiger partial charge on any atom is -0.339 e. The molecule has 0 N–H and O–H groups in total. The van der Waals surface area contributed by atoms with Gasteiger partial charge in [0, 0.05) is 49.3 Å². The Balaban J connectivity index is 1.17. The van der Waals surface area contributed by atoms with E-state index < -0.39 is 0 Å². The third-order valence-corrected chi connectivity index (χ3v) is 6.59. The molecule has 1 fully saturated rings. The van der Waals surface area contributed by atoms with E-state index in [1.165, 1.54) is 5.56 Å². The molecule has 5 heteroatoms. The molecule has 166 valence electrons. The number of hydrogen-bond acceptors (Lipinski definition) is 3. The summed E-state index contributed by atoms with van der Waals surface area (Å²) in [4.78, 5) is 42.1. The van der Waals surface area contributed by atoms with E-state index in [2.05, 4.69) is 12.1 Å². The normalized spacial score (nSPS) is 14.7. The summed E-state index contributed by atoms with van der Waals surface area (Å²) in [6.45, 7) is 2.11. The van der Waals surface area contributed by atoms with Crippen molar-refractivity contribution in [3.8, 4) is 11.1 Å². The Bertz CT molecular complexity index is 1210. The number of carbonyl (C=O) groups excluding carboxylic acids is 3. The molecular formula is C28H26N2O3. The summed E-state index contributed by atoms with van der Waals surface area (Å²) in [7, 11) is 0. The van der Waals surface area contributed by atoms with E-state index in [4.69, 9.17) is 0 Å². The minimum atomic E-state index is -0.0854. The zero-order valence-corrected chi connectivity index (χ0v) is 18.5. The van der Waals surface area contributed by atoms with E-state index in [0.29, 0.717) is 49.3 Å². The number of hydrogen-bond donors (Lipinski definition) is 0. The molecular weight excluding hydrogens is 412 g/mol. The molecule has 1 heterocycles. The minimum absolute atomic E-state index is 0.0267. The summed E-state index contributed by atoms with van der Waals surface area (Å²) in [5, 5.41) is 0. The van der Waals surface area contributed by atoms with Gasteiger partial charge in [-0.25, -0.2) is 0 Å². The van der Waals surface area contributed by atoms with Gasteiger partial charge in [-0.3, -0.25) is 14.4 Å². The third-order valence-electron chi connectivity index (χ3n) is 6.59. The molecule has 33 heavy (non-hydrogen) atoms. The first kappa shape index (κ1) is 21.1. The van der Waals surface area contributed by atoms with E-state index in [-0.39, 0.29) is 17.6 Å². The molecule has 5 nitrogen and oxygen atoms in total. The van der Waals surface area contributed by atoms with Gasteiger partial charge in [0.1, 0.15) is 0 Å². The van der Waals surface area contributed by atoms with Crippen molar-refractivity contribution in [1.29, 1.82) is 0 Å². The molecule has 1 aliphatic heterocycles. The van der Waals surface area contributed by atoms with E-state index in [9.17, 15) is 14.4 Å². The van der Waals surface area contributed by atoms with Crippen molar-refractivity contribution in [2.75, 3.05) is 26.2 Å². The Morgan fingerprint density at radius 3 is 2.09 bits per heavy atom. The lowest BCUT2D eigenvalue weighted by atomic mass is 10.0. The van der Waals surface area contributed by atoms with E-state index >= 15 is 0 Å². The monoisotopic (exact) mass is 438 g/mol. The Labute approximate surface area is 193 Å². The zero-order valence-electron chi connectivity index (χ0n) is 18.5. The molecule has 2 aliphatic rings. The average Bonchev–Trinajstić information content (AvgIpc) is 3.16. The first-order valence-corrected chi connectivity index (χ1v) is 11.5. The second kappa shape index (κ2) is 9.02. The van der Waals surface area contributed by atoms with Crippen molar-refractivity contribution in [1.82, 2.24) is 9.80 Å². The Morgan fingerprint density at radius 1 is 0.697 bits per heavy atom. The van der Waals surface area contributed by atoms with Gasteiger partial charge in [-0.2, -0.15) is 0 Å². The first-order valence-electron chi connectivity index (χ1n) is 11.5. The van der Waals surface area contributed by atoms with E-state index in [1.54, 1.807) is 17.0 Å². The average molecular weight is 439 g/mol. The molecule has 1 saturated heterocycles. The molecule has 3 aromatic carbocycles. The van der Waals surface area contributed by atoms with Crippen LogP contribution < -0.4 is 0 Å². The van der Waals surface area contributed by atoms with E-state index in [0.717, 1.165) is 24.0 Å². The van der Waals surface area contributed by atoms with Crippen molar-refractivity contribution in [3.63, 3.8) is 0 Å². The van der Waals surface area contributed by atoms with Gasteiger partial charge in [-0.05, 0) is 41.7 Å². The second-order valence-electron chi connectivity index (χ2n) is 8.65. The number of carbonyl (C=O) groups is 3. The number of piperazine rings is 1. The first-order chi connectivity index (χ1) is 16.1. The fraction of sp³-hybridized carbons (Fsp3) is 0.250. The third kappa shape index (κ3) is 4.19. The molecule has 5 rings (SSSR count).